The lowest BCUT2D eigenvalue weighted by Gasteiger charge is -2.26. The van der Waals surface area contributed by atoms with E-state index in [1.165, 1.54) is 12.8 Å². The molecular weight excluding hydrogens is 202 g/mol. The summed E-state index contributed by atoms with van der Waals surface area (Å²) >= 11 is 0. The van der Waals surface area contributed by atoms with Crippen molar-refractivity contribution in [3.63, 3.8) is 0 Å². The van der Waals surface area contributed by atoms with Crippen molar-refractivity contribution < 1.29 is 9.47 Å². The fourth-order valence-corrected chi connectivity index (χ4v) is 1.48. The van der Waals surface area contributed by atoms with Gasteiger partial charge < -0.3 is 14.8 Å². The lowest BCUT2D eigenvalue weighted by molar-refractivity contribution is 0.0590. The summed E-state index contributed by atoms with van der Waals surface area (Å²) in [4.78, 5) is 0. The molecule has 1 fully saturated rings. The molecule has 3 heteroatoms. The summed E-state index contributed by atoms with van der Waals surface area (Å²) in [6, 6.07) is 0.758. The molecule has 1 saturated carbocycles. The predicted molar refractivity (Wildman–Crippen MR) is 66.6 cm³/mol. The molecule has 94 valence electrons. The molecule has 0 aromatic rings. The van der Waals surface area contributed by atoms with Gasteiger partial charge in [-0.15, -0.1) is 6.58 Å². The molecule has 0 saturated heterocycles. The zero-order chi connectivity index (χ0) is 11.9. The summed E-state index contributed by atoms with van der Waals surface area (Å²) in [7, 11) is 1.69. The first-order chi connectivity index (χ1) is 7.70. The van der Waals surface area contributed by atoms with E-state index in [0.717, 1.165) is 25.6 Å². The van der Waals surface area contributed by atoms with Crippen LogP contribution in [0.5, 0.6) is 0 Å². The van der Waals surface area contributed by atoms with E-state index in [0.29, 0.717) is 13.2 Å². The zero-order valence-electron chi connectivity index (χ0n) is 10.6. The van der Waals surface area contributed by atoms with Crippen LogP contribution < -0.4 is 5.32 Å². The first-order valence-electron chi connectivity index (χ1n) is 6.14. The van der Waals surface area contributed by atoms with Gasteiger partial charge in [-0.3, -0.25) is 0 Å². The van der Waals surface area contributed by atoms with Crippen LogP contribution in [0.15, 0.2) is 12.7 Å². The van der Waals surface area contributed by atoms with E-state index in [1.54, 1.807) is 7.11 Å². The summed E-state index contributed by atoms with van der Waals surface area (Å²) in [5.41, 5.74) is 0.148. The molecule has 3 nitrogen and oxygen atoms in total. The van der Waals surface area contributed by atoms with Crippen LogP contribution >= 0.6 is 0 Å². The fourth-order valence-electron chi connectivity index (χ4n) is 1.48. The Kier molecular flexibility index (Phi) is 6.03. The smallest absolute Gasteiger partial charge is 0.0700 e. The Morgan fingerprint density at radius 1 is 1.38 bits per heavy atom. The third-order valence-electron chi connectivity index (χ3n) is 3.11. The molecule has 0 aromatic carbocycles. The Hall–Kier alpha value is -0.380. The third kappa shape index (κ3) is 5.64. The Morgan fingerprint density at radius 2 is 2.12 bits per heavy atom. The van der Waals surface area contributed by atoms with Gasteiger partial charge in [0, 0.05) is 26.3 Å². The van der Waals surface area contributed by atoms with Crippen LogP contribution in [-0.4, -0.2) is 39.5 Å². The number of hydrogen-bond acceptors (Lipinski definition) is 3. The average molecular weight is 227 g/mol. The predicted octanol–water partition coefficient (Wildman–Crippen LogP) is 1.98. The molecule has 1 unspecified atom stereocenters. The highest BCUT2D eigenvalue weighted by molar-refractivity contribution is 4.95. The van der Waals surface area contributed by atoms with Gasteiger partial charge in [0.05, 0.1) is 13.2 Å². The van der Waals surface area contributed by atoms with Crippen molar-refractivity contribution >= 4 is 0 Å². The van der Waals surface area contributed by atoms with Gasteiger partial charge in [-0.05, 0) is 24.7 Å². The first kappa shape index (κ1) is 13.7. The molecular formula is C13H25NO2. The van der Waals surface area contributed by atoms with E-state index in [9.17, 15) is 0 Å². The maximum atomic E-state index is 5.49. The van der Waals surface area contributed by atoms with Crippen molar-refractivity contribution in [3.8, 4) is 0 Å². The van der Waals surface area contributed by atoms with Crippen LogP contribution in [0.25, 0.3) is 0 Å². The van der Waals surface area contributed by atoms with Crippen molar-refractivity contribution in [1.29, 1.82) is 0 Å². The van der Waals surface area contributed by atoms with Crippen LogP contribution in [0.2, 0.25) is 0 Å². The fraction of sp³-hybridized carbons (Fsp3) is 0.846. The van der Waals surface area contributed by atoms with Crippen LogP contribution in [0, 0.1) is 5.41 Å². The van der Waals surface area contributed by atoms with Gasteiger partial charge in [0.25, 0.3) is 0 Å². The molecule has 0 aliphatic heterocycles. The Morgan fingerprint density at radius 3 is 2.69 bits per heavy atom. The van der Waals surface area contributed by atoms with Crippen molar-refractivity contribution in [2.24, 2.45) is 5.41 Å². The summed E-state index contributed by atoms with van der Waals surface area (Å²) in [6.45, 7) is 9.29. The molecule has 1 aliphatic carbocycles. The van der Waals surface area contributed by atoms with Gasteiger partial charge in [-0.1, -0.05) is 13.0 Å². The van der Waals surface area contributed by atoms with E-state index < -0.39 is 0 Å². The van der Waals surface area contributed by atoms with Crippen LogP contribution in [0.3, 0.4) is 0 Å². The number of ether oxygens (including phenoxy) is 2. The van der Waals surface area contributed by atoms with Gasteiger partial charge in [0.1, 0.15) is 0 Å². The highest BCUT2D eigenvalue weighted by Gasteiger charge is 2.26. The van der Waals surface area contributed by atoms with Gasteiger partial charge >= 0.3 is 0 Å². The van der Waals surface area contributed by atoms with E-state index in [2.05, 4.69) is 18.8 Å². The zero-order valence-corrected chi connectivity index (χ0v) is 10.6. The molecule has 1 aliphatic rings. The van der Waals surface area contributed by atoms with E-state index in [1.807, 2.05) is 6.08 Å². The second-order valence-corrected chi connectivity index (χ2v) is 4.87. The van der Waals surface area contributed by atoms with Crippen molar-refractivity contribution in [2.45, 2.75) is 32.2 Å². The van der Waals surface area contributed by atoms with Crippen LogP contribution in [-0.2, 0) is 9.47 Å². The van der Waals surface area contributed by atoms with E-state index >= 15 is 0 Å². The molecule has 16 heavy (non-hydrogen) atoms. The normalized spacial score (nSPS) is 19.4. The van der Waals surface area contributed by atoms with Crippen LogP contribution in [0.1, 0.15) is 26.2 Å². The minimum absolute atomic E-state index is 0.148. The lowest BCUT2D eigenvalue weighted by atomic mass is 9.87. The lowest BCUT2D eigenvalue weighted by Crippen LogP contribution is -2.32. The minimum Gasteiger partial charge on any atom is -0.382 e. The Labute approximate surface area is 99.2 Å². The highest BCUT2D eigenvalue weighted by Crippen LogP contribution is 2.25. The SMILES string of the molecule is C=CC(C)(CCOCCOC)CNC1CC1. The van der Waals surface area contributed by atoms with Gasteiger partial charge in [-0.25, -0.2) is 0 Å². The summed E-state index contributed by atoms with van der Waals surface area (Å²) in [5, 5.41) is 3.55. The average Bonchev–Trinajstić information content (AvgIpc) is 3.10. The molecule has 0 spiro atoms. The van der Waals surface area contributed by atoms with Crippen LogP contribution in [0.4, 0.5) is 0 Å². The van der Waals surface area contributed by atoms with Crippen molar-refractivity contribution in [3.05, 3.63) is 12.7 Å². The number of methoxy groups -OCH3 is 1. The van der Waals surface area contributed by atoms with Crippen molar-refractivity contribution in [2.75, 3.05) is 33.5 Å². The second kappa shape index (κ2) is 7.05. The van der Waals surface area contributed by atoms with Gasteiger partial charge in [-0.2, -0.15) is 0 Å². The van der Waals surface area contributed by atoms with Crippen molar-refractivity contribution in [1.82, 2.24) is 5.32 Å². The molecule has 1 atom stereocenters. The number of nitrogens with one attached hydrogen (secondary N) is 1. The highest BCUT2D eigenvalue weighted by atomic mass is 16.5. The summed E-state index contributed by atoms with van der Waals surface area (Å²) in [6.07, 6.45) is 5.72. The largest absolute Gasteiger partial charge is 0.382 e. The number of rotatable bonds is 10. The Bertz CT molecular complexity index is 204. The Balaban J connectivity index is 2.09. The van der Waals surface area contributed by atoms with E-state index in [4.69, 9.17) is 9.47 Å². The monoisotopic (exact) mass is 227 g/mol. The quantitative estimate of drug-likeness (QED) is 0.457. The number of hydrogen-bond donors (Lipinski definition) is 1. The third-order valence-corrected chi connectivity index (χ3v) is 3.11. The molecule has 1 rings (SSSR count). The van der Waals surface area contributed by atoms with Gasteiger partial charge in [0.2, 0.25) is 0 Å². The molecule has 0 radical (unpaired) electrons. The maximum Gasteiger partial charge on any atom is 0.0700 e. The first-order valence-corrected chi connectivity index (χ1v) is 6.14. The molecule has 1 N–H and O–H groups in total. The van der Waals surface area contributed by atoms with Gasteiger partial charge in [0.15, 0.2) is 0 Å². The maximum absolute atomic E-state index is 5.49. The topological polar surface area (TPSA) is 30.5 Å². The standard InChI is InChI=1S/C13H25NO2/c1-4-13(2,11-14-12-5-6-12)7-8-16-10-9-15-3/h4,12,14H,1,5-11H2,2-3H3. The second-order valence-electron chi connectivity index (χ2n) is 4.87. The molecule has 0 heterocycles. The molecule has 0 bridgehead atoms. The van der Waals surface area contributed by atoms with E-state index in [-0.39, 0.29) is 5.41 Å². The minimum atomic E-state index is 0.148. The molecule has 0 aromatic heterocycles. The summed E-state index contributed by atoms with van der Waals surface area (Å²) in [5.74, 6) is 0. The molecule has 0 amide bonds. The summed E-state index contributed by atoms with van der Waals surface area (Å²) < 4.78 is 10.4.